The molecular formula is C34H66O6Si2. The first-order chi connectivity index (χ1) is 19.3. The summed E-state index contributed by atoms with van der Waals surface area (Å²) in [5, 5.41) is 0.239. The molecule has 0 aromatic heterocycles. The molecule has 0 amide bonds. The van der Waals surface area contributed by atoms with Crippen LogP contribution in [0.15, 0.2) is 0 Å². The van der Waals surface area contributed by atoms with Gasteiger partial charge in [-0.2, -0.15) is 0 Å². The van der Waals surface area contributed by atoms with Crippen LogP contribution < -0.4 is 0 Å². The molecule has 0 N–H and O–H groups in total. The minimum absolute atomic E-state index is 0.0656. The molecule has 0 radical (unpaired) electrons. The maximum absolute atomic E-state index is 12.5. The molecule has 2 fully saturated rings. The lowest BCUT2D eigenvalue weighted by molar-refractivity contribution is -0.144. The average Bonchev–Trinajstić information content (AvgIpc) is 3.25. The van der Waals surface area contributed by atoms with Crippen LogP contribution in [0.4, 0.5) is 0 Å². The summed E-state index contributed by atoms with van der Waals surface area (Å²) in [6, 6.07) is 0. The second-order valence-corrected chi connectivity index (χ2v) is 25.8. The van der Waals surface area contributed by atoms with Gasteiger partial charge in [0.1, 0.15) is 12.2 Å². The van der Waals surface area contributed by atoms with Crippen molar-refractivity contribution in [3.63, 3.8) is 0 Å². The van der Waals surface area contributed by atoms with Crippen LogP contribution >= 0.6 is 0 Å². The quantitative estimate of drug-likeness (QED) is 0.0909. The monoisotopic (exact) mass is 626 g/mol. The fourth-order valence-corrected chi connectivity index (χ4v) is 8.47. The van der Waals surface area contributed by atoms with E-state index >= 15 is 0 Å². The average molecular weight is 627 g/mol. The highest BCUT2D eigenvalue weighted by Crippen LogP contribution is 2.42. The Morgan fingerprint density at radius 1 is 0.548 bits per heavy atom. The molecular weight excluding hydrogens is 561 g/mol. The Balaban J connectivity index is 1.58. The lowest BCUT2D eigenvalue weighted by Crippen LogP contribution is -2.47. The van der Waals surface area contributed by atoms with E-state index in [1.807, 2.05) is 13.8 Å². The van der Waals surface area contributed by atoms with Crippen LogP contribution in [0.5, 0.6) is 0 Å². The van der Waals surface area contributed by atoms with Crippen molar-refractivity contribution in [2.45, 2.75) is 193 Å². The number of ether oxygens (including phenoxy) is 2. The van der Waals surface area contributed by atoms with E-state index < -0.39 is 16.6 Å². The van der Waals surface area contributed by atoms with Crippen LogP contribution in [0.25, 0.3) is 0 Å². The maximum atomic E-state index is 12.5. The Morgan fingerprint density at radius 3 is 1.07 bits per heavy atom. The largest absolute Gasteiger partial charge is 0.460 e. The normalized spacial score (nSPS) is 27.4. The molecule has 0 aromatic carbocycles. The predicted molar refractivity (Wildman–Crippen MR) is 178 cm³/mol. The van der Waals surface area contributed by atoms with Crippen LogP contribution in [0, 0.1) is 11.8 Å². The van der Waals surface area contributed by atoms with Crippen LogP contribution in [-0.2, 0) is 27.9 Å². The predicted octanol–water partition coefficient (Wildman–Crippen LogP) is 9.57. The van der Waals surface area contributed by atoms with Crippen molar-refractivity contribution in [1.29, 1.82) is 0 Å². The smallest absolute Gasteiger partial charge is 0.312 e. The SMILES string of the molecule is C[C@@H]1OC(=O)C(CCCCCCCCCCCCC2C(=O)O[C@@H](C)C2O[Si](C)(C)C(C)(C)C)C1O[Si](C)(C)C(C)(C)C. The molecule has 0 bridgehead atoms. The molecule has 0 aromatic rings. The number of hydrogen-bond acceptors (Lipinski definition) is 6. The van der Waals surface area contributed by atoms with Crippen LogP contribution in [0.3, 0.4) is 0 Å². The summed E-state index contributed by atoms with van der Waals surface area (Å²) in [6.07, 6.45) is 13.2. The first-order valence-electron chi connectivity index (χ1n) is 17.0. The Morgan fingerprint density at radius 2 is 0.810 bits per heavy atom. The first kappa shape index (κ1) is 37.5. The van der Waals surface area contributed by atoms with Crippen molar-refractivity contribution in [2.75, 3.05) is 0 Å². The molecule has 6 nitrogen and oxygen atoms in total. The first-order valence-corrected chi connectivity index (χ1v) is 22.9. The van der Waals surface area contributed by atoms with Crippen molar-refractivity contribution in [1.82, 2.24) is 0 Å². The van der Waals surface area contributed by atoms with E-state index in [0.717, 1.165) is 25.7 Å². The summed E-state index contributed by atoms with van der Waals surface area (Å²) in [5.74, 6) is -0.358. The highest BCUT2D eigenvalue weighted by molar-refractivity contribution is 6.74. The summed E-state index contributed by atoms with van der Waals surface area (Å²) in [5.41, 5.74) is 0. The summed E-state index contributed by atoms with van der Waals surface area (Å²) in [7, 11) is -3.91. The Bertz CT molecular complexity index is 789. The van der Waals surface area contributed by atoms with Gasteiger partial charge in [-0.05, 0) is 63.0 Å². The Labute approximate surface area is 261 Å². The molecule has 4 unspecified atom stereocenters. The molecule has 8 heteroatoms. The number of carbonyl (C=O) groups excluding carboxylic acids is 2. The summed E-state index contributed by atoms with van der Waals surface area (Å²) >= 11 is 0. The Kier molecular flexibility index (Phi) is 13.9. The third-order valence-electron chi connectivity index (χ3n) is 10.7. The molecule has 2 rings (SSSR count). The number of rotatable bonds is 17. The van der Waals surface area contributed by atoms with E-state index in [1.54, 1.807) is 0 Å². The Hall–Kier alpha value is -0.706. The van der Waals surface area contributed by atoms with Crippen molar-refractivity contribution in [3.05, 3.63) is 0 Å². The number of unbranched alkanes of at least 4 members (excludes halogenated alkanes) is 9. The minimum atomic E-state index is -1.95. The molecule has 6 atom stereocenters. The van der Waals surface area contributed by atoms with Crippen LogP contribution in [0.1, 0.15) is 132 Å². The molecule has 42 heavy (non-hydrogen) atoms. The summed E-state index contributed by atoms with van der Waals surface area (Å²) in [6.45, 7) is 26.5. The molecule has 246 valence electrons. The van der Waals surface area contributed by atoms with Gasteiger partial charge in [0.2, 0.25) is 0 Å². The number of carbonyl (C=O) groups is 2. The lowest BCUT2D eigenvalue weighted by Gasteiger charge is -2.39. The minimum Gasteiger partial charge on any atom is -0.460 e. The van der Waals surface area contributed by atoms with Gasteiger partial charge < -0.3 is 18.3 Å². The number of hydrogen-bond donors (Lipinski definition) is 0. The second-order valence-electron chi connectivity index (χ2n) is 16.3. The summed E-state index contributed by atoms with van der Waals surface area (Å²) < 4.78 is 24.5. The van der Waals surface area contributed by atoms with Gasteiger partial charge in [-0.3, -0.25) is 9.59 Å². The fraction of sp³-hybridized carbons (Fsp3) is 0.941. The molecule has 0 spiro atoms. The number of cyclic esters (lactones) is 2. The molecule has 0 saturated carbocycles. The zero-order valence-corrected chi connectivity index (χ0v) is 31.4. The van der Waals surface area contributed by atoms with E-state index in [1.165, 1.54) is 51.4 Å². The third kappa shape index (κ3) is 10.4. The van der Waals surface area contributed by atoms with Crippen molar-refractivity contribution < 1.29 is 27.9 Å². The van der Waals surface area contributed by atoms with Crippen LogP contribution in [-0.4, -0.2) is 53.0 Å². The van der Waals surface area contributed by atoms with Gasteiger partial charge in [-0.25, -0.2) is 0 Å². The molecule has 2 saturated heterocycles. The van der Waals surface area contributed by atoms with Crippen LogP contribution in [0.2, 0.25) is 36.3 Å². The van der Waals surface area contributed by atoms with Crippen molar-refractivity contribution in [3.8, 4) is 0 Å². The van der Waals surface area contributed by atoms with Crippen molar-refractivity contribution in [2.24, 2.45) is 11.8 Å². The molecule has 0 aliphatic carbocycles. The van der Waals surface area contributed by atoms with Gasteiger partial charge in [0, 0.05) is 0 Å². The molecule has 2 aliphatic rings. The van der Waals surface area contributed by atoms with Gasteiger partial charge in [0.05, 0.1) is 24.0 Å². The summed E-state index contributed by atoms with van der Waals surface area (Å²) in [4.78, 5) is 25.1. The van der Waals surface area contributed by atoms with E-state index in [4.69, 9.17) is 18.3 Å². The third-order valence-corrected chi connectivity index (χ3v) is 19.6. The highest BCUT2D eigenvalue weighted by atomic mass is 28.4. The van der Waals surface area contributed by atoms with Crippen molar-refractivity contribution >= 4 is 28.6 Å². The van der Waals surface area contributed by atoms with Gasteiger partial charge >= 0.3 is 11.9 Å². The van der Waals surface area contributed by atoms with E-state index in [-0.39, 0.29) is 58.3 Å². The maximum Gasteiger partial charge on any atom is 0.312 e. The molecule has 2 heterocycles. The van der Waals surface area contributed by atoms with Gasteiger partial charge in [0.25, 0.3) is 0 Å². The van der Waals surface area contributed by atoms with E-state index in [9.17, 15) is 9.59 Å². The van der Waals surface area contributed by atoms with E-state index in [2.05, 4.69) is 67.7 Å². The standard InChI is InChI=1S/C34H66O6Si2/c1-25-29(39-41(9,10)33(3,4)5)27(31(35)37-25)23-21-19-17-15-13-14-16-18-20-22-24-28-30(26(2)38-32(28)36)40-42(11,12)34(6,7)8/h25-30H,13-24H2,1-12H3/t25-,26-,27?,28?,29?,30?/m0/s1. The second kappa shape index (κ2) is 15.5. The highest BCUT2D eigenvalue weighted by Gasteiger charge is 2.49. The van der Waals surface area contributed by atoms with Gasteiger partial charge in [0.15, 0.2) is 16.6 Å². The van der Waals surface area contributed by atoms with Gasteiger partial charge in [-0.15, -0.1) is 0 Å². The van der Waals surface area contributed by atoms with Gasteiger partial charge in [-0.1, -0.05) is 106 Å². The zero-order chi connectivity index (χ0) is 31.9. The topological polar surface area (TPSA) is 71.1 Å². The zero-order valence-electron chi connectivity index (χ0n) is 29.4. The van der Waals surface area contributed by atoms with E-state index in [0.29, 0.717) is 0 Å². The fourth-order valence-electron chi connectivity index (χ4n) is 5.69. The molecule has 2 aliphatic heterocycles. The number of esters is 2. The lowest BCUT2D eigenvalue weighted by atomic mass is 9.94.